The van der Waals surface area contributed by atoms with Crippen LogP contribution in [0, 0.1) is 0 Å². The van der Waals surface area contributed by atoms with Crippen LogP contribution in [0.1, 0.15) is 26.0 Å². The standard InChI is InChI=1S/C12H20N4OS/c1-3-11(17-4-2)10(15-13)7-9-8-16-5-6-18-12(16)14-9/h5-6,8,10-11,15H,3-4,7,13H2,1-2H3. The molecule has 0 aliphatic carbocycles. The second kappa shape index (κ2) is 6.29. The third-order valence-corrected chi connectivity index (χ3v) is 3.79. The van der Waals surface area contributed by atoms with Gasteiger partial charge in [0.1, 0.15) is 0 Å². The summed E-state index contributed by atoms with van der Waals surface area (Å²) in [5.74, 6) is 5.63. The van der Waals surface area contributed by atoms with Gasteiger partial charge in [-0.3, -0.25) is 15.7 Å². The number of hydrogen-bond acceptors (Lipinski definition) is 5. The first-order valence-corrected chi connectivity index (χ1v) is 7.15. The minimum atomic E-state index is 0.0968. The zero-order valence-corrected chi connectivity index (χ0v) is 11.6. The predicted molar refractivity (Wildman–Crippen MR) is 73.6 cm³/mol. The average molecular weight is 268 g/mol. The van der Waals surface area contributed by atoms with E-state index in [1.54, 1.807) is 11.3 Å². The molecule has 0 spiro atoms. The first kappa shape index (κ1) is 13.5. The molecule has 0 aliphatic heterocycles. The lowest BCUT2D eigenvalue weighted by Crippen LogP contribution is -2.46. The van der Waals surface area contributed by atoms with Gasteiger partial charge in [-0.05, 0) is 13.3 Å². The van der Waals surface area contributed by atoms with E-state index in [-0.39, 0.29) is 12.1 Å². The van der Waals surface area contributed by atoms with Crippen molar-refractivity contribution in [1.29, 1.82) is 0 Å². The molecule has 0 radical (unpaired) electrons. The van der Waals surface area contributed by atoms with E-state index in [1.807, 2.05) is 22.9 Å². The molecule has 0 aromatic carbocycles. The number of aromatic nitrogens is 2. The number of nitrogens with two attached hydrogens (primary N) is 1. The summed E-state index contributed by atoms with van der Waals surface area (Å²) in [6, 6.07) is 0.0968. The lowest BCUT2D eigenvalue weighted by molar-refractivity contribution is 0.0317. The van der Waals surface area contributed by atoms with Crippen LogP contribution in [-0.4, -0.2) is 28.1 Å². The molecule has 0 saturated heterocycles. The Bertz CT molecular complexity index is 453. The molecule has 6 heteroatoms. The molecule has 0 amide bonds. The molecule has 0 bridgehead atoms. The fraction of sp³-hybridized carbons (Fsp3) is 0.583. The van der Waals surface area contributed by atoms with Crippen LogP contribution in [0.15, 0.2) is 17.8 Å². The molecule has 2 heterocycles. The topological polar surface area (TPSA) is 64.6 Å². The van der Waals surface area contributed by atoms with Gasteiger partial charge in [-0.2, -0.15) is 0 Å². The van der Waals surface area contributed by atoms with Gasteiger partial charge in [0.2, 0.25) is 0 Å². The Morgan fingerprint density at radius 2 is 2.39 bits per heavy atom. The molecule has 2 unspecified atom stereocenters. The van der Waals surface area contributed by atoms with Crippen LogP contribution < -0.4 is 11.3 Å². The molecular weight excluding hydrogens is 248 g/mol. The Labute approximate surface area is 111 Å². The van der Waals surface area contributed by atoms with Crippen LogP contribution in [0.25, 0.3) is 4.96 Å². The fourth-order valence-corrected chi connectivity index (χ4v) is 2.85. The first-order valence-electron chi connectivity index (χ1n) is 6.27. The van der Waals surface area contributed by atoms with E-state index in [4.69, 9.17) is 10.6 Å². The van der Waals surface area contributed by atoms with E-state index < -0.39 is 0 Å². The van der Waals surface area contributed by atoms with E-state index >= 15 is 0 Å². The smallest absolute Gasteiger partial charge is 0.193 e. The average Bonchev–Trinajstić information content (AvgIpc) is 2.94. The third kappa shape index (κ3) is 2.89. The van der Waals surface area contributed by atoms with Crippen LogP contribution in [0.5, 0.6) is 0 Å². The van der Waals surface area contributed by atoms with Crippen LogP contribution in [0.3, 0.4) is 0 Å². The Kier molecular flexibility index (Phi) is 4.71. The minimum Gasteiger partial charge on any atom is -0.377 e. The number of nitrogens with zero attached hydrogens (tertiary/aromatic N) is 2. The van der Waals surface area contributed by atoms with Gasteiger partial charge >= 0.3 is 0 Å². The largest absolute Gasteiger partial charge is 0.377 e. The van der Waals surface area contributed by atoms with E-state index in [0.29, 0.717) is 6.61 Å². The van der Waals surface area contributed by atoms with Gasteiger partial charge in [-0.1, -0.05) is 6.92 Å². The maximum absolute atomic E-state index is 5.70. The van der Waals surface area contributed by atoms with E-state index in [1.165, 1.54) is 0 Å². The van der Waals surface area contributed by atoms with Gasteiger partial charge in [0.15, 0.2) is 4.96 Å². The second-order valence-corrected chi connectivity index (χ2v) is 5.08. The monoisotopic (exact) mass is 268 g/mol. The van der Waals surface area contributed by atoms with Crippen molar-refractivity contribution in [3.63, 3.8) is 0 Å². The number of rotatable bonds is 7. The molecule has 2 rings (SSSR count). The highest BCUT2D eigenvalue weighted by Crippen LogP contribution is 2.15. The minimum absolute atomic E-state index is 0.0968. The molecule has 0 fully saturated rings. The molecule has 100 valence electrons. The lowest BCUT2D eigenvalue weighted by Gasteiger charge is -2.24. The second-order valence-electron chi connectivity index (χ2n) is 4.20. The highest BCUT2D eigenvalue weighted by atomic mass is 32.1. The fourth-order valence-electron chi connectivity index (χ4n) is 2.13. The molecule has 0 saturated carbocycles. The Hall–Kier alpha value is -0.950. The van der Waals surface area contributed by atoms with Crippen molar-refractivity contribution < 1.29 is 4.74 Å². The van der Waals surface area contributed by atoms with Crippen molar-refractivity contribution in [3.05, 3.63) is 23.5 Å². The van der Waals surface area contributed by atoms with Crippen molar-refractivity contribution in [2.45, 2.75) is 38.8 Å². The zero-order valence-electron chi connectivity index (χ0n) is 10.8. The highest BCUT2D eigenvalue weighted by molar-refractivity contribution is 7.15. The summed E-state index contributed by atoms with van der Waals surface area (Å²) in [6.45, 7) is 4.81. The SMILES string of the molecule is CCOC(CC)C(Cc1cn2ccsc2n1)NN. The molecule has 18 heavy (non-hydrogen) atoms. The summed E-state index contributed by atoms with van der Waals surface area (Å²) in [4.78, 5) is 5.59. The predicted octanol–water partition coefficient (Wildman–Crippen LogP) is 1.59. The van der Waals surface area contributed by atoms with Gasteiger partial charge in [-0.25, -0.2) is 4.98 Å². The third-order valence-electron chi connectivity index (χ3n) is 3.02. The maximum Gasteiger partial charge on any atom is 0.193 e. The molecular formula is C12H20N4OS. The number of thiazole rings is 1. The van der Waals surface area contributed by atoms with Crippen molar-refractivity contribution in [2.75, 3.05) is 6.61 Å². The Morgan fingerprint density at radius 3 is 3.00 bits per heavy atom. The van der Waals surface area contributed by atoms with Crippen molar-refractivity contribution in [3.8, 4) is 0 Å². The van der Waals surface area contributed by atoms with Crippen molar-refractivity contribution in [1.82, 2.24) is 14.8 Å². The molecule has 2 atom stereocenters. The number of nitrogens with one attached hydrogen (secondary N) is 1. The van der Waals surface area contributed by atoms with E-state index in [2.05, 4.69) is 23.5 Å². The van der Waals surface area contributed by atoms with Crippen LogP contribution in [0.4, 0.5) is 0 Å². The Balaban J connectivity index is 2.07. The van der Waals surface area contributed by atoms with E-state index in [9.17, 15) is 0 Å². The summed E-state index contributed by atoms with van der Waals surface area (Å²) < 4.78 is 7.73. The number of hydrogen-bond donors (Lipinski definition) is 2. The molecule has 3 N–H and O–H groups in total. The van der Waals surface area contributed by atoms with Crippen molar-refractivity contribution in [2.24, 2.45) is 5.84 Å². The normalized spacial score (nSPS) is 15.1. The van der Waals surface area contributed by atoms with Crippen LogP contribution in [0.2, 0.25) is 0 Å². The van der Waals surface area contributed by atoms with Gasteiger partial charge in [0, 0.05) is 30.8 Å². The van der Waals surface area contributed by atoms with Gasteiger partial charge in [0.05, 0.1) is 17.8 Å². The maximum atomic E-state index is 5.70. The summed E-state index contributed by atoms with van der Waals surface area (Å²) in [6.07, 6.45) is 5.91. The Morgan fingerprint density at radius 1 is 1.56 bits per heavy atom. The highest BCUT2D eigenvalue weighted by Gasteiger charge is 2.20. The molecule has 5 nitrogen and oxygen atoms in total. The summed E-state index contributed by atoms with van der Waals surface area (Å²) in [5, 5.41) is 2.03. The molecule has 2 aromatic rings. The quantitative estimate of drug-likeness (QED) is 0.591. The summed E-state index contributed by atoms with van der Waals surface area (Å²) in [5.41, 5.74) is 3.90. The van der Waals surface area contributed by atoms with Crippen LogP contribution in [-0.2, 0) is 11.2 Å². The summed E-state index contributed by atoms with van der Waals surface area (Å²) >= 11 is 1.64. The van der Waals surface area contributed by atoms with E-state index in [0.717, 1.165) is 23.5 Å². The van der Waals surface area contributed by atoms with Gasteiger partial charge in [0.25, 0.3) is 0 Å². The van der Waals surface area contributed by atoms with Crippen molar-refractivity contribution >= 4 is 16.3 Å². The summed E-state index contributed by atoms with van der Waals surface area (Å²) in [7, 11) is 0. The lowest BCUT2D eigenvalue weighted by atomic mass is 10.0. The van der Waals surface area contributed by atoms with Crippen LogP contribution >= 0.6 is 11.3 Å². The van der Waals surface area contributed by atoms with Gasteiger partial charge in [-0.15, -0.1) is 11.3 Å². The molecule has 2 aromatic heterocycles. The number of ether oxygens (including phenoxy) is 1. The zero-order chi connectivity index (χ0) is 13.0. The first-order chi connectivity index (χ1) is 8.78. The number of fused-ring (bicyclic) bond motifs is 1. The molecule has 0 aliphatic rings. The van der Waals surface area contributed by atoms with Gasteiger partial charge < -0.3 is 4.74 Å². The number of imidazole rings is 1. The number of hydrazine groups is 1.